The number of aliphatic hydroxyl groups is 1. The van der Waals surface area contributed by atoms with Crippen LogP contribution in [0.15, 0.2) is 24.2 Å². The van der Waals surface area contributed by atoms with E-state index in [4.69, 9.17) is 4.84 Å². The molecule has 3 rings (SSSR count). The number of hydrogen-bond acceptors (Lipinski definition) is 8. The summed E-state index contributed by atoms with van der Waals surface area (Å²) in [5, 5.41) is 12.1. The van der Waals surface area contributed by atoms with Crippen LogP contribution in [-0.2, 0) is 11.0 Å². The second kappa shape index (κ2) is 8.74. The van der Waals surface area contributed by atoms with Crippen molar-refractivity contribution in [1.82, 2.24) is 19.9 Å². The summed E-state index contributed by atoms with van der Waals surface area (Å²) in [6.45, 7) is 5.08. The van der Waals surface area contributed by atoms with Gasteiger partial charge < -0.3 is 10.4 Å². The number of pyridine rings is 1. The molecule has 14 heteroatoms. The van der Waals surface area contributed by atoms with Crippen LogP contribution in [0.2, 0.25) is 0 Å². The molecular weight excluding hydrogens is 458 g/mol. The molecule has 180 valence electrons. The highest BCUT2D eigenvalue weighted by atomic mass is 19.4. The average Bonchev–Trinajstić information content (AvgIpc) is 2.70. The first kappa shape index (κ1) is 24.6. The summed E-state index contributed by atoms with van der Waals surface area (Å²) in [5.41, 5.74) is 0.0370. The molecule has 2 heterocycles. The summed E-state index contributed by atoms with van der Waals surface area (Å²) in [5.74, 6) is -6.16. The van der Waals surface area contributed by atoms with Crippen LogP contribution in [0.25, 0.3) is 5.57 Å². The van der Waals surface area contributed by atoms with Crippen molar-refractivity contribution in [2.75, 3.05) is 10.8 Å². The Morgan fingerprint density at radius 3 is 2.42 bits per heavy atom. The second-order valence-corrected chi connectivity index (χ2v) is 8.17. The normalized spacial score (nSPS) is 18.9. The van der Waals surface area contributed by atoms with Gasteiger partial charge in [0.25, 0.3) is 11.9 Å². The Hall–Kier alpha value is -3.00. The SMILES string of the molecule is CC(C)(C)ONc1nc(Nc2ccnc(C(F)(F)F)c2)nc(C2=C(F)[C@H](O)C(F)(F)CC2)n1. The Bertz CT molecular complexity index is 1050. The lowest BCUT2D eigenvalue weighted by atomic mass is 9.92. The summed E-state index contributed by atoms with van der Waals surface area (Å²) >= 11 is 0. The van der Waals surface area contributed by atoms with Gasteiger partial charge in [-0.05, 0) is 39.3 Å². The number of allylic oxidation sites excluding steroid dienone is 1. The first-order valence-corrected chi connectivity index (χ1v) is 9.61. The second-order valence-electron chi connectivity index (χ2n) is 8.17. The lowest BCUT2D eigenvalue weighted by Gasteiger charge is -2.27. The number of anilines is 3. The third kappa shape index (κ3) is 6.07. The lowest BCUT2D eigenvalue weighted by molar-refractivity contribution is -0.141. The number of aromatic nitrogens is 4. The van der Waals surface area contributed by atoms with E-state index in [0.29, 0.717) is 6.07 Å². The van der Waals surface area contributed by atoms with Crippen LogP contribution in [0.3, 0.4) is 0 Å². The quantitative estimate of drug-likeness (QED) is 0.422. The minimum absolute atomic E-state index is 0.0955. The Balaban J connectivity index is 2.01. The molecule has 1 aliphatic carbocycles. The van der Waals surface area contributed by atoms with Crippen molar-refractivity contribution in [1.29, 1.82) is 0 Å². The summed E-state index contributed by atoms with van der Waals surface area (Å²) < 4.78 is 80.6. The molecule has 1 atom stereocenters. The number of halogens is 6. The molecule has 0 spiro atoms. The first-order valence-electron chi connectivity index (χ1n) is 9.61. The standard InChI is InChI=1S/C19H20F6N6O2/c1-17(2,3)33-31-16-29-14(10-4-6-18(21,22)13(32)12(10)20)28-15(30-16)27-9-5-7-26-11(8-9)19(23,24)25/h5,7-8,13,32H,4,6H2,1-3H3,(H2,26,27,28,29,30,31)/t13-/m0/s1. The van der Waals surface area contributed by atoms with E-state index < -0.39 is 54.0 Å². The Morgan fingerprint density at radius 1 is 1.12 bits per heavy atom. The number of nitrogens with zero attached hydrogens (tertiary/aromatic N) is 4. The van der Waals surface area contributed by atoms with Crippen LogP contribution in [0, 0.1) is 0 Å². The maximum atomic E-state index is 14.5. The minimum atomic E-state index is -4.70. The van der Waals surface area contributed by atoms with E-state index >= 15 is 0 Å². The zero-order valence-corrected chi connectivity index (χ0v) is 17.6. The van der Waals surface area contributed by atoms with Gasteiger partial charge in [0, 0.05) is 23.9 Å². The summed E-state index contributed by atoms with van der Waals surface area (Å²) in [6.07, 6.45) is -7.81. The van der Waals surface area contributed by atoms with Gasteiger partial charge in [-0.2, -0.15) is 28.1 Å². The number of rotatable bonds is 5. The van der Waals surface area contributed by atoms with Gasteiger partial charge in [0.2, 0.25) is 5.95 Å². The maximum absolute atomic E-state index is 14.5. The highest BCUT2D eigenvalue weighted by Gasteiger charge is 2.46. The molecule has 0 unspecified atom stereocenters. The molecule has 0 bridgehead atoms. The number of hydrogen-bond donors (Lipinski definition) is 3. The molecule has 8 nitrogen and oxygen atoms in total. The van der Waals surface area contributed by atoms with E-state index in [1.54, 1.807) is 20.8 Å². The Morgan fingerprint density at radius 2 is 1.79 bits per heavy atom. The van der Waals surface area contributed by atoms with E-state index in [0.717, 1.165) is 6.20 Å². The zero-order chi connectivity index (χ0) is 24.6. The highest BCUT2D eigenvalue weighted by molar-refractivity contribution is 5.66. The van der Waals surface area contributed by atoms with Gasteiger partial charge in [-0.25, -0.2) is 18.7 Å². The Kier molecular flexibility index (Phi) is 6.53. The van der Waals surface area contributed by atoms with Crippen molar-refractivity contribution < 1.29 is 36.3 Å². The molecule has 33 heavy (non-hydrogen) atoms. The highest BCUT2D eigenvalue weighted by Crippen LogP contribution is 2.41. The van der Waals surface area contributed by atoms with Gasteiger partial charge in [0.1, 0.15) is 11.5 Å². The smallest absolute Gasteiger partial charge is 0.380 e. The lowest BCUT2D eigenvalue weighted by Crippen LogP contribution is -2.37. The molecule has 2 aromatic heterocycles. The van der Waals surface area contributed by atoms with Crippen molar-refractivity contribution >= 4 is 23.2 Å². The van der Waals surface area contributed by atoms with Gasteiger partial charge in [-0.1, -0.05) is 0 Å². The van der Waals surface area contributed by atoms with Crippen LogP contribution in [-0.4, -0.2) is 42.7 Å². The number of nitrogens with one attached hydrogen (secondary N) is 2. The van der Waals surface area contributed by atoms with Gasteiger partial charge >= 0.3 is 6.18 Å². The van der Waals surface area contributed by atoms with Crippen molar-refractivity contribution in [2.45, 2.75) is 57.4 Å². The molecule has 0 aliphatic heterocycles. The van der Waals surface area contributed by atoms with E-state index in [9.17, 15) is 31.4 Å². The first-order chi connectivity index (χ1) is 15.2. The summed E-state index contributed by atoms with van der Waals surface area (Å²) in [6, 6.07) is 1.91. The van der Waals surface area contributed by atoms with Crippen molar-refractivity contribution in [3.05, 3.63) is 35.7 Å². The van der Waals surface area contributed by atoms with Crippen LogP contribution in [0.1, 0.15) is 45.1 Å². The van der Waals surface area contributed by atoms with Crippen LogP contribution in [0.5, 0.6) is 0 Å². The fourth-order valence-corrected chi connectivity index (χ4v) is 2.72. The molecule has 3 N–H and O–H groups in total. The van der Waals surface area contributed by atoms with Crippen molar-refractivity contribution in [3.63, 3.8) is 0 Å². The third-order valence-corrected chi connectivity index (χ3v) is 4.30. The fourth-order valence-electron chi connectivity index (χ4n) is 2.72. The molecule has 0 aromatic carbocycles. The molecule has 0 fully saturated rings. The zero-order valence-electron chi connectivity index (χ0n) is 17.6. The predicted octanol–water partition coefficient (Wildman–Crippen LogP) is 4.64. The minimum Gasteiger partial charge on any atom is -0.380 e. The van der Waals surface area contributed by atoms with Crippen LogP contribution < -0.4 is 10.8 Å². The van der Waals surface area contributed by atoms with Gasteiger partial charge in [-0.3, -0.25) is 9.82 Å². The van der Waals surface area contributed by atoms with E-state index in [2.05, 4.69) is 30.7 Å². The average molecular weight is 478 g/mol. The van der Waals surface area contributed by atoms with Crippen LogP contribution in [0.4, 0.5) is 43.9 Å². The van der Waals surface area contributed by atoms with Crippen molar-refractivity contribution in [2.24, 2.45) is 0 Å². The molecule has 2 aromatic rings. The predicted molar refractivity (Wildman–Crippen MR) is 105 cm³/mol. The molecular formula is C19H20F6N6O2. The van der Waals surface area contributed by atoms with Gasteiger partial charge in [0.15, 0.2) is 11.9 Å². The van der Waals surface area contributed by atoms with Crippen LogP contribution >= 0.6 is 0 Å². The monoisotopic (exact) mass is 478 g/mol. The molecule has 0 radical (unpaired) electrons. The molecule has 1 aliphatic rings. The van der Waals surface area contributed by atoms with E-state index in [-0.39, 0.29) is 23.2 Å². The largest absolute Gasteiger partial charge is 0.433 e. The number of aliphatic hydroxyl groups excluding tert-OH is 1. The Labute approximate surface area is 184 Å². The fraction of sp³-hybridized carbons (Fsp3) is 0.474. The van der Waals surface area contributed by atoms with E-state index in [1.165, 1.54) is 6.07 Å². The number of alkyl halides is 5. The third-order valence-electron chi connectivity index (χ3n) is 4.30. The topological polar surface area (TPSA) is 105 Å². The molecule has 0 saturated carbocycles. The summed E-state index contributed by atoms with van der Waals surface area (Å²) in [4.78, 5) is 20.4. The van der Waals surface area contributed by atoms with Gasteiger partial charge in [0.05, 0.1) is 5.60 Å². The van der Waals surface area contributed by atoms with Gasteiger partial charge in [-0.15, -0.1) is 0 Å². The van der Waals surface area contributed by atoms with Crippen molar-refractivity contribution in [3.8, 4) is 0 Å². The summed E-state index contributed by atoms with van der Waals surface area (Å²) in [7, 11) is 0. The molecule has 0 amide bonds. The molecule has 0 saturated heterocycles. The maximum Gasteiger partial charge on any atom is 0.433 e. The van der Waals surface area contributed by atoms with E-state index in [1.807, 2.05) is 0 Å².